The molecule has 37 heavy (non-hydrogen) atoms. The van der Waals surface area contributed by atoms with Crippen LogP contribution in [-0.2, 0) is 5.41 Å². The molecule has 0 atom stereocenters. The Labute approximate surface area is 212 Å². The molecule has 5 aliphatic rings. The second-order valence-electron chi connectivity index (χ2n) is 11.1. The second kappa shape index (κ2) is 8.31. The summed E-state index contributed by atoms with van der Waals surface area (Å²) in [5.41, 5.74) is 0.643. The Balaban J connectivity index is 1.01. The van der Waals surface area contributed by atoms with Gasteiger partial charge in [-0.25, -0.2) is 18.7 Å². The predicted octanol–water partition coefficient (Wildman–Crippen LogP) is 2.87. The summed E-state index contributed by atoms with van der Waals surface area (Å²) in [6.07, 6.45) is 7.29. The summed E-state index contributed by atoms with van der Waals surface area (Å²) in [6.45, 7) is 2.41. The molecule has 0 radical (unpaired) electrons. The number of hydrogen-bond donors (Lipinski definition) is 2. The molecule has 5 heterocycles. The van der Waals surface area contributed by atoms with Gasteiger partial charge in [0, 0.05) is 49.2 Å². The van der Waals surface area contributed by atoms with Gasteiger partial charge in [-0.3, -0.25) is 14.5 Å². The van der Waals surface area contributed by atoms with Crippen molar-refractivity contribution in [3.63, 3.8) is 0 Å². The van der Waals surface area contributed by atoms with Crippen LogP contribution in [0.25, 0.3) is 10.9 Å². The van der Waals surface area contributed by atoms with Crippen molar-refractivity contribution >= 4 is 22.5 Å². The monoisotopic (exact) mass is 506 g/mol. The molecule has 3 aliphatic heterocycles. The van der Waals surface area contributed by atoms with E-state index >= 15 is 0 Å². The summed E-state index contributed by atoms with van der Waals surface area (Å²) in [5.74, 6) is -0.761. The van der Waals surface area contributed by atoms with Crippen molar-refractivity contribution in [1.29, 1.82) is 0 Å². The molecule has 1 amide bonds. The van der Waals surface area contributed by atoms with Gasteiger partial charge in [0.25, 0.3) is 11.5 Å². The summed E-state index contributed by atoms with van der Waals surface area (Å²) in [5, 5.41) is 3.06. The van der Waals surface area contributed by atoms with E-state index < -0.39 is 17.5 Å². The minimum Gasteiger partial charge on any atom is -0.370 e. The fourth-order valence-corrected chi connectivity index (χ4v) is 6.45. The van der Waals surface area contributed by atoms with Gasteiger partial charge in [0.2, 0.25) is 0 Å². The van der Waals surface area contributed by atoms with Crippen molar-refractivity contribution in [3.8, 4) is 0 Å². The van der Waals surface area contributed by atoms with Crippen LogP contribution in [0, 0.1) is 11.6 Å². The fourth-order valence-electron chi connectivity index (χ4n) is 6.45. The van der Waals surface area contributed by atoms with Crippen molar-refractivity contribution in [2.24, 2.45) is 0 Å². The topological polar surface area (TPSA) is 94.2 Å². The predicted molar refractivity (Wildman–Crippen MR) is 134 cm³/mol. The molecule has 2 saturated carbocycles. The molecule has 5 fully saturated rings. The van der Waals surface area contributed by atoms with Gasteiger partial charge in [0.15, 0.2) is 11.5 Å². The van der Waals surface area contributed by atoms with Crippen LogP contribution in [0.1, 0.15) is 54.8 Å². The number of fused-ring (bicyclic) bond motifs is 2. The van der Waals surface area contributed by atoms with Gasteiger partial charge >= 0.3 is 0 Å². The number of hydrogen-bond acceptors (Lipinski definition) is 6. The van der Waals surface area contributed by atoms with Crippen LogP contribution in [0.4, 0.5) is 14.5 Å². The maximum Gasteiger partial charge on any atom is 0.273 e. The van der Waals surface area contributed by atoms with E-state index in [1.54, 1.807) is 12.3 Å². The fraction of sp³-hybridized carbons (Fsp3) is 0.481. The molecule has 2 aliphatic carbocycles. The zero-order valence-corrected chi connectivity index (χ0v) is 20.3. The molecule has 3 aromatic rings. The van der Waals surface area contributed by atoms with Gasteiger partial charge in [-0.2, -0.15) is 0 Å². The SMILES string of the molecule is O=C(NC1CC1)c1ncc(N2CCC(N3CC4(c5nc6ccc(F)cc6c(=O)[nH]5)CC3C4)CC2)cc1F. The minimum absolute atomic E-state index is 0.141. The molecule has 3 saturated heterocycles. The number of piperidine rings is 1. The third-order valence-electron chi connectivity index (χ3n) is 8.63. The standard InChI is InChI=1S/C27H28F2N6O2/c28-15-1-4-22-20(9-15)24(36)33-26(32-22)27-11-19(12-27)35(14-27)17-5-7-34(8-6-17)18-10-21(29)23(30-13-18)25(37)31-16-2-3-16/h1,4,9-10,13,16-17,19H,2-3,5-8,11-12,14H2,(H,31,37)(H,32,33,36). The van der Waals surface area contributed by atoms with Crippen LogP contribution in [-0.4, -0.2) is 63.5 Å². The summed E-state index contributed by atoms with van der Waals surface area (Å²) in [7, 11) is 0. The average molecular weight is 507 g/mol. The van der Waals surface area contributed by atoms with Crippen molar-refractivity contribution in [3.05, 3.63) is 64.0 Å². The van der Waals surface area contributed by atoms with Crippen LogP contribution < -0.4 is 15.8 Å². The summed E-state index contributed by atoms with van der Waals surface area (Å²) in [6, 6.07) is 6.60. The van der Waals surface area contributed by atoms with E-state index in [4.69, 9.17) is 4.98 Å². The van der Waals surface area contributed by atoms with Crippen molar-refractivity contribution in [1.82, 2.24) is 25.2 Å². The molecule has 2 bridgehead atoms. The molecule has 0 unspecified atom stereocenters. The van der Waals surface area contributed by atoms with E-state index in [0.717, 1.165) is 58.2 Å². The van der Waals surface area contributed by atoms with E-state index in [1.165, 1.54) is 18.2 Å². The van der Waals surface area contributed by atoms with Gasteiger partial charge in [-0.05, 0) is 56.7 Å². The zero-order chi connectivity index (χ0) is 25.3. The number of nitrogens with zero attached hydrogens (tertiary/aromatic N) is 4. The second-order valence-corrected chi connectivity index (χ2v) is 11.1. The molecule has 8 rings (SSSR count). The smallest absolute Gasteiger partial charge is 0.273 e. The molecule has 8 nitrogen and oxygen atoms in total. The molecule has 2 aromatic heterocycles. The number of aromatic nitrogens is 3. The number of rotatable bonds is 5. The van der Waals surface area contributed by atoms with Crippen LogP contribution in [0.2, 0.25) is 0 Å². The Hall–Kier alpha value is -3.40. The van der Waals surface area contributed by atoms with E-state index in [-0.39, 0.29) is 28.1 Å². The lowest BCUT2D eigenvalue weighted by Gasteiger charge is -2.40. The first kappa shape index (κ1) is 22.8. The highest BCUT2D eigenvalue weighted by Crippen LogP contribution is 2.53. The highest BCUT2D eigenvalue weighted by molar-refractivity contribution is 5.93. The Morgan fingerprint density at radius 1 is 1.08 bits per heavy atom. The number of halogens is 2. The molecule has 0 spiro atoms. The van der Waals surface area contributed by atoms with Crippen LogP contribution in [0.5, 0.6) is 0 Å². The average Bonchev–Trinajstić information content (AvgIpc) is 3.48. The Kier molecular flexibility index (Phi) is 5.11. The van der Waals surface area contributed by atoms with E-state index in [2.05, 4.69) is 25.1 Å². The highest BCUT2D eigenvalue weighted by Gasteiger charge is 2.59. The maximum absolute atomic E-state index is 14.6. The van der Waals surface area contributed by atoms with Crippen molar-refractivity contribution in [2.75, 3.05) is 24.5 Å². The molecular weight excluding hydrogens is 478 g/mol. The van der Waals surface area contributed by atoms with E-state index in [0.29, 0.717) is 29.1 Å². The van der Waals surface area contributed by atoms with Gasteiger partial charge in [-0.15, -0.1) is 0 Å². The lowest BCUT2D eigenvalue weighted by Crippen LogP contribution is -2.46. The summed E-state index contributed by atoms with van der Waals surface area (Å²) >= 11 is 0. The number of nitrogens with one attached hydrogen (secondary N) is 2. The van der Waals surface area contributed by atoms with Crippen molar-refractivity contribution in [2.45, 2.75) is 62.1 Å². The van der Waals surface area contributed by atoms with Crippen LogP contribution in [0.3, 0.4) is 0 Å². The number of amides is 1. The summed E-state index contributed by atoms with van der Waals surface area (Å²) < 4.78 is 28.2. The summed E-state index contributed by atoms with van der Waals surface area (Å²) in [4.78, 5) is 41.3. The molecule has 1 aromatic carbocycles. The first-order valence-corrected chi connectivity index (χ1v) is 13.1. The van der Waals surface area contributed by atoms with Gasteiger partial charge in [0.1, 0.15) is 11.6 Å². The first-order valence-electron chi connectivity index (χ1n) is 13.1. The number of benzene rings is 1. The number of carbonyl (C=O) groups is 1. The van der Waals surface area contributed by atoms with Gasteiger partial charge in [-0.1, -0.05) is 0 Å². The third-order valence-corrected chi connectivity index (χ3v) is 8.63. The number of pyridine rings is 1. The Morgan fingerprint density at radius 3 is 2.59 bits per heavy atom. The molecule has 192 valence electrons. The molecule has 2 N–H and O–H groups in total. The quantitative estimate of drug-likeness (QED) is 0.553. The third kappa shape index (κ3) is 3.89. The normalized spacial score (nSPS) is 25.9. The Bertz CT molecular complexity index is 1460. The number of aromatic amines is 1. The number of anilines is 1. The lowest BCUT2D eigenvalue weighted by atomic mass is 9.69. The van der Waals surface area contributed by atoms with E-state index in [1.807, 2.05) is 0 Å². The largest absolute Gasteiger partial charge is 0.370 e. The van der Waals surface area contributed by atoms with Gasteiger partial charge < -0.3 is 15.2 Å². The molecule has 10 heteroatoms. The van der Waals surface area contributed by atoms with Gasteiger partial charge in [0.05, 0.1) is 22.8 Å². The Morgan fingerprint density at radius 2 is 1.86 bits per heavy atom. The lowest BCUT2D eigenvalue weighted by molar-refractivity contribution is 0.0941. The highest BCUT2D eigenvalue weighted by atomic mass is 19.1. The number of carbonyl (C=O) groups excluding carboxylic acids is 1. The van der Waals surface area contributed by atoms with Crippen LogP contribution in [0.15, 0.2) is 35.3 Å². The zero-order valence-electron chi connectivity index (χ0n) is 20.3. The van der Waals surface area contributed by atoms with E-state index in [9.17, 15) is 18.4 Å². The van der Waals surface area contributed by atoms with Crippen LogP contribution >= 0.6 is 0 Å². The number of H-pyrrole nitrogens is 1. The minimum atomic E-state index is -0.584. The molecular formula is C27H28F2N6O2. The first-order chi connectivity index (χ1) is 17.9. The van der Waals surface area contributed by atoms with Crippen molar-refractivity contribution < 1.29 is 13.6 Å². The maximum atomic E-state index is 14.6.